The highest BCUT2D eigenvalue weighted by Crippen LogP contribution is 2.31. The van der Waals surface area contributed by atoms with Crippen LogP contribution in [0.2, 0.25) is 0 Å². The molecule has 0 aliphatic rings. The first-order chi connectivity index (χ1) is 12.1. The molecule has 25 heavy (non-hydrogen) atoms. The van der Waals surface area contributed by atoms with Gasteiger partial charge in [0.05, 0.1) is 0 Å². The molecule has 5 nitrogen and oxygen atoms in total. The SMILES string of the molecule is Cc1ccc(C(Nc2ccccc2)c2oc(CO)cc(=O)c2O)cc1. The molecule has 0 spiro atoms. The highest BCUT2D eigenvalue weighted by Gasteiger charge is 2.23. The molecule has 0 radical (unpaired) electrons. The van der Waals surface area contributed by atoms with Crippen LogP contribution in [0.4, 0.5) is 5.69 Å². The molecule has 0 amide bonds. The number of para-hydroxylation sites is 1. The molecular formula is C20H19NO4. The molecule has 3 aromatic rings. The summed E-state index contributed by atoms with van der Waals surface area (Å²) < 4.78 is 5.59. The molecule has 0 saturated heterocycles. The van der Waals surface area contributed by atoms with Crippen LogP contribution in [0, 0.1) is 6.92 Å². The number of aliphatic hydroxyl groups excluding tert-OH is 1. The fourth-order valence-electron chi connectivity index (χ4n) is 2.59. The first-order valence-electron chi connectivity index (χ1n) is 7.93. The third kappa shape index (κ3) is 3.72. The maximum Gasteiger partial charge on any atom is 0.227 e. The lowest BCUT2D eigenvalue weighted by molar-refractivity contribution is 0.234. The van der Waals surface area contributed by atoms with Crippen LogP contribution in [-0.4, -0.2) is 10.2 Å². The topological polar surface area (TPSA) is 82.7 Å². The van der Waals surface area contributed by atoms with E-state index in [1.54, 1.807) is 0 Å². The summed E-state index contributed by atoms with van der Waals surface area (Å²) in [6.45, 7) is 1.56. The minimum atomic E-state index is -0.586. The number of hydrogen-bond acceptors (Lipinski definition) is 5. The van der Waals surface area contributed by atoms with Crippen molar-refractivity contribution >= 4 is 5.69 Å². The summed E-state index contributed by atoms with van der Waals surface area (Å²) in [5, 5.41) is 22.9. The van der Waals surface area contributed by atoms with Gasteiger partial charge in [0, 0.05) is 11.8 Å². The van der Waals surface area contributed by atoms with Crippen molar-refractivity contribution in [2.45, 2.75) is 19.6 Å². The largest absolute Gasteiger partial charge is 0.502 e. The predicted molar refractivity (Wildman–Crippen MR) is 95.7 cm³/mol. The van der Waals surface area contributed by atoms with Crippen LogP contribution in [0.3, 0.4) is 0 Å². The van der Waals surface area contributed by atoms with Gasteiger partial charge in [-0.15, -0.1) is 0 Å². The first kappa shape index (κ1) is 16.8. The molecule has 0 aliphatic heterocycles. The number of anilines is 1. The number of aromatic hydroxyl groups is 1. The van der Waals surface area contributed by atoms with Crippen molar-refractivity contribution in [3.63, 3.8) is 0 Å². The Balaban J connectivity index is 2.12. The van der Waals surface area contributed by atoms with E-state index >= 15 is 0 Å². The van der Waals surface area contributed by atoms with E-state index in [4.69, 9.17) is 4.42 Å². The molecule has 3 rings (SSSR count). The predicted octanol–water partition coefficient (Wildman–Crippen LogP) is 3.35. The summed E-state index contributed by atoms with van der Waals surface area (Å²) in [5.74, 6) is -0.291. The Labute approximate surface area is 145 Å². The number of nitrogens with one attached hydrogen (secondary N) is 1. The molecule has 0 saturated carbocycles. The molecule has 1 aromatic heterocycles. The molecule has 128 valence electrons. The third-order valence-electron chi connectivity index (χ3n) is 3.91. The molecular weight excluding hydrogens is 318 g/mol. The highest BCUT2D eigenvalue weighted by atomic mass is 16.4. The number of benzene rings is 2. The fraction of sp³-hybridized carbons (Fsp3) is 0.150. The van der Waals surface area contributed by atoms with Crippen LogP contribution in [0.5, 0.6) is 5.75 Å². The summed E-state index contributed by atoms with van der Waals surface area (Å²) in [5.41, 5.74) is 2.14. The monoisotopic (exact) mass is 337 g/mol. The van der Waals surface area contributed by atoms with E-state index in [-0.39, 0.29) is 11.5 Å². The Morgan fingerprint density at radius 3 is 2.40 bits per heavy atom. The maximum absolute atomic E-state index is 12.0. The van der Waals surface area contributed by atoms with Crippen LogP contribution in [0.15, 0.2) is 69.9 Å². The van der Waals surface area contributed by atoms with Gasteiger partial charge in [-0.3, -0.25) is 4.79 Å². The zero-order valence-corrected chi connectivity index (χ0v) is 13.8. The van der Waals surface area contributed by atoms with Crippen LogP contribution in [0.25, 0.3) is 0 Å². The second kappa shape index (κ2) is 7.23. The molecule has 5 heteroatoms. The molecule has 0 fully saturated rings. The van der Waals surface area contributed by atoms with Gasteiger partial charge in [-0.05, 0) is 24.6 Å². The van der Waals surface area contributed by atoms with E-state index in [0.717, 1.165) is 22.9 Å². The van der Waals surface area contributed by atoms with E-state index < -0.39 is 23.8 Å². The first-order valence-corrected chi connectivity index (χ1v) is 7.93. The zero-order valence-electron chi connectivity index (χ0n) is 13.8. The third-order valence-corrected chi connectivity index (χ3v) is 3.91. The second-order valence-corrected chi connectivity index (χ2v) is 5.80. The molecule has 1 atom stereocenters. The van der Waals surface area contributed by atoms with E-state index in [1.807, 2.05) is 61.5 Å². The van der Waals surface area contributed by atoms with Crippen molar-refractivity contribution in [2.24, 2.45) is 0 Å². The lowest BCUT2D eigenvalue weighted by Crippen LogP contribution is -2.16. The Bertz CT molecular complexity index is 901. The average molecular weight is 337 g/mol. The molecule has 0 aliphatic carbocycles. The van der Waals surface area contributed by atoms with Gasteiger partial charge in [0.1, 0.15) is 18.4 Å². The van der Waals surface area contributed by atoms with Gasteiger partial charge >= 0.3 is 0 Å². The summed E-state index contributed by atoms with van der Waals surface area (Å²) in [4.78, 5) is 12.0. The zero-order chi connectivity index (χ0) is 17.8. The average Bonchev–Trinajstić information content (AvgIpc) is 2.64. The van der Waals surface area contributed by atoms with Crippen molar-refractivity contribution in [3.05, 3.63) is 93.5 Å². The van der Waals surface area contributed by atoms with E-state index in [1.165, 1.54) is 0 Å². The van der Waals surface area contributed by atoms with Crippen molar-refractivity contribution in [1.29, 1.82) is 0 Å². The molecule has 1 unspecified atom stereocenters. The quantitative estimate of drug-likeness (QED) is 0.665. The van der Waals surface area contributed by atoms with Gasteiger partial charge in [0.15, 0.2) is 5.76 Å². The second-order valence-electron chi connectivity index (χ2n) is 5.80. The number of hydrogen-bond donors (Lipinski definition) is 3. The molecule has 0 bridgehead atoms. The normalized spacial score (nSPS) is 11.9. The van der Waals surface area contributed by atoms with E-state index in [9.17, 15) is 15.0 Å². The van der Waals surface area contributed by atoms with E-state index in [0.29, 0.717) is 0 Å². The lowest BCUT2D eigenvalue weighted by Gasteiger charge is -2.21. The van der Waals surface area contributed by atoms with Crippen molar-refractivity contribution < 1.29 is 14.6 Å². The smallest absolute Gasteiger partial charge is 0.227 e. The van der Waals surface area contributed by atoms with Gasteiger partial charge in [0.2, 0.25) is 11.2 Å². The number of aliphatic hydroxyl groups is 1. The van der Waals surface area contributed by atoms with Gasteiger partial charge in [-0.25, -0.2) is 0 Å². The fourth-order valence-corrected chi connectivity index (χ4v) is 2.59. The maximum atomic E-state index is 12.0. The number of aryl methyl sites for hydroxylation is 1. The minimum Gasteiger partial charge on any atom is -0.502 e. The molecule has 2 aromatic carbocycles. The Morgan fingerprint density at radius 2 is 1.76 bits per heavy atom. The Kier molecular flexibility index (Phi) is 4.86. The van der Waals surface area contributed by atoms with Crippen molar-refractivity contribution in [1.82, 2.24) is 0 Å². The summed E-state index contributed by atoms with van der Waals surface area (Å²) in [6, 6.07) is 17.6. The van der Waals surface area contributed by atoms with Crippen LogP contribution >= 0.6 is 0 Å². The van der Waals surface area contributed by atoms with Crippen molar-refractivity contribution in [3.8, 4) is 5.75 Å². The van der Waals surface area contributed by atoms with Gasteiger partial charge in [-0.2, -0.15) is 0 Å². The van der Waals surface area contributed by atoms with Crippen molar-refractivity contribution in [2.75, 3.05) is 5.32 Å². The van der Waals surface area contributed by atoms with Crippen LogP contribution < -0.4 is 10.7 Å². The summed E-state index contributed by atoms with van der Waals surface area (Å²) in [6.07, 6.45) is 0. The number of rotatable bonds is 5. The van der Waals surface area contributed by atoms with E-state index in [2.05, 4.69) is 5.32 Å². The Hall–Kier alpha value is -3.05. The van der Waals surface area contributed by atoms with Crippen LogP contribution in [-0.2, 0) is 6.61 Å². The lowest BCUT2D eigenvalue weighted by atomic mass is 10.0. The summed E-state index contributed by atoms with van der Waals surface area (Å²) >= 11 is 0. The minimum absolute atomic E-state index is 0.0734. The van der Waals surface area contributed by atoms with Crippen LogP contribution in [0.1, 0.15) is 28.7 Å². The highest BCUT2D eigenvalue weighted by molar-refractivity contribution is 5.49. The van der Waals surface area contributed by atoms with Gasteiger partial charge < -0.3 is 19.9 Å². The molecule has 1 heterocycles. The Morgan fingerprint density at radius 1 is 1.08 bits per heavy atom. The standard InChI is InChI=1S/C20H19NO4/c1-13-7-9-14(10-8-13)18(21-15-5-3-2-4-6-15)20-19(24)17(23)11-16(12-22)25-20/h2-11,18,21-22,24H,12H2,1H3. The summed E-state index contributed by atoms with van der Waals surface area (Å²) in [7, 11) is 0. The molecule has 3 N–H and O–H groups in total. The van der Waals surface area contributed by atoms with Gasteiger partial charge in [-0.1, -0.05) is 48.0 Å². The van der Waals surface area contributed by atoms with Gasteiger partial charge in [0.25, 0.3) is 0 Å².